The van der Waals surface area contributed by atoms with Gasteiger partial charge in [-0.15, -0.1) is 0 Å². The van der Waals surface area contributed by atoms with Crippen LogP contribution in [-0.4, -0.2) is 6.29 Å². The third-order valence-electron chi connectivity index (χ3n) is 4.23. The zero-order chi connectivity index (χ0) is 18.1. The molecule has 136 valence electrons. The lowest BCUT2D eigenvalue weighted by Gasteiger charge is -2.22. The normalized spacial score (nSPS) is 11.9. The smallest absolute Gasteiger partial charge is 0.241 e. The lowest BCUT2D eigenvalue weighted by molar-refractivity contribution is -0.00191. The molecule has 0 fully saturated rings. The van der Waals surface area contributed by atoms with Gasteiger partial charge in [0.2, 0.25) is 6.29 Å². The van der Waals surface area contributed by atoms with Crippen molar-refractivity contribution in [2.45, 2.75) is 58.7 Å². The molecule has 0 aliphatic heterocycles. The van der Waals surface area contributed by atoms with Crippen LogP contribution < -0.4 is 20.9 Å². The Morgan fingerprint density at radius 3 is 2.36 bits per heavy atom. The van der Waals surface area contributed by atoms with Crippen LogP contribution in [0.2, 0.25) is 0 Å². The summed E-state index contributed by atoms with van der Waals surface area (Å²) in [5, 5.41) is 0. The molecule has 2 rings (SSSR count). The summed E-state index contributed by atoms with van der Waals surface area (Å²) in [6, 6.07) is 13.2. The van der Waals surface area contributed by atoms with Gasteiger partial charge >= 0.3 is 0 Å². The van der Waals surface area contributed by atoms with E-state index in [9.17, 15) is 0 Å². The Balaban J connectivity index is 2.02. The maximum Gasteiger partial charge on any atom is 0.241 e. The number of nitrogen functional groups attached to an aromatic ring is 2. The second-order valence-electron chi connectivity index (χ2n) is 6.42. The molecule has 1 atom stereocenters. The summed E-state index contributed by atoms with van der Waals surface area (Å²) in [5.41, 5.74) is 14.3. The second kappa shape index (κ2) is 9.82. The third kappa shape index (κ3) is 6.22. The number of ether oxygens (including phenoxy) is 2. The van der Waals surface area contributed by atoms with Gasteiger partial charge in [-0.05, 0) is 49.2 Å². The van der Waals surface area contributed by atoms with Gasteiger partial charge in [-0.1, -0.05) is 44.7 Å². The standard InChI is InChI=1S/C21H30N2O2/c1-3-4-5-6-7-12-21(25-20-11-9-8-10-19(20)23)24-17-13-14-18(22)16(2)15-17/h8-11,13-15,21H,3-7,12,22-23H2,1-2H3. The van der Waals surface area contributed by atoms with Crippen LogP contribution in [0, 0.1) is 6.92 Å². The van der Waals surface area contributed by atoms with E-state index >= 15 is 0 Å². The Morgan fingerprint density at radius 1 is 0.880 bits per heavy atom. The van der Waals surface area contributed by atoms with Crippen molar-refractivity contribution in [2.24, 2.45) is 0 Å². The first-order valence-electron chi connectivity index (χ1n) is 9.14. The first-order valence-corrected chi connectivity index (χ1v) is 9.14. The van der Waals surface area contributed by atoms with Crippen molar-refractivity contribution in [3.05, 3.63) is 48.0 Å². The Hall–Kier alpha value is -2.36. The highest BCUT2D eigenvalue weighted by molar-refractivity contribution is 5.52. The topological polar surface area (TPSA) is 70.5 Å². The van der Waals surface area contributed by atoms with Crippen molar-refractivity contribution in [1.82, 2.24) is 0 Å². The summed E-state index contributed by atoms with van der Waals surface area (Å²) in [4.78, 5) is 0. The molecule has 4 heteroatoms. The number of para-hydroxylation sites is 2. The molecule has 2 aromatic carbocycles. The minimum absolute atomic E-state index is 0.366. The largest absolute Gasteiger partial charge is 0.455 e. The van der Waals surface area contributed by atoms with Gasteiger partial charge in [0, 0.05) is 12.1 Å². The third-order valence-corrected chi connectivity index (χ3v) is 4.23. The number of unbranched alkanes of at least 4 members (excludes halogenated alkanes) is 4. The highest BCUT2D eigenvalue weighted by Crippen LogP contribution is 2.26. The average Bonchev–Trinajstić information content (AvgIpc) is 2.60. The molecule has 4 nitrogen and oxygen atoms in total. The fourth-order valence-electron chi connectivity index (χ4n) is 2.66. The number of rotatable bonds is 10. The number of benzene rings is 2. The first-order chi connectivity index (χ1) is 12.1. The monoisotopic (exact) mass is 342 g/mol. The van der Waals surface area contributed by atoms with Crippen LogP contribution >= 0.6 is 0 Å². The molecular weight excluding hydrogens is 312 g/mol. The van der Waals surface area contributed by atoms with E-state index in [1.807, 2.05) is 49.4 Å². The number of hydrogen-bond donors (Lipinski definition) is 2. The van der Waals surface area contributed by atoms with Crippen LogP contribution in [0.5, 0.6) is 11.5 Å². The zero-order valence-electron chi connectivity index (χ0n) is 15.3. The Bertz CT molecular complexity index is 658. The molecule has 1 unspecified atom stereocenters. The van der Waals surface area contributed by atoms with Crippen LogP contribution in [0.4, 0.5) is 11.4 Å². The van der Waals surface area contributed by atoms with Gasteiger partial charge in [0.15, 0.2) is 0 Å². The fourth-order valence-corrected chi connectivity index (χ4v) is 2.66. The lowest BCUT2D eigenvalue weighted by atomic mass is 10.1. The predicted molar refractivity (Wildman–Crippen MR) is 105 cm³/mol. The van der Waals surface area contributed by atoms with Crippen molar-refractivity contribution in [3.63, 3.8) is 0 Å². The van der Waals surface area contributed by atoms with E-state index in [1.54, 1.807) is 0 Å². The molecule has 0 radical (unpaired) electrons. The fraction of sp³-hybridized carbons (Fsp3) is 0.429. The van der Waals surface area contributed by atoms with Crippen LogP contribution in [0.3, 0.4) is 0 Å². The van der Waals surface area contributed by atoms with Gasteiger partial charge < -0.3 is 20.9 Å². The van der Waals surface area contributed by atoms with Crippen molar-refractivity contribution in [2.75, 3.05) is 11.5 Å². The zero-order valence-corrected chi connectivity index (χ0v) is 15.3. The maximum absolute atomic E-state index is 6.08. The molecule has 0 spiro atoms. The minimum Gasteiger partial charge on any atom is -0.455 e. The highest BCUT2D eigenvalue weighted by atomic mass is 16.7. The Labute approximate surface area is 151 Å². The molecule has 4 N–H and O–H groups in total. The van der Waals surface area contributed by atoms with Crippen LogP contribution in [0.25, 0.3) is 0 Å². The highest BCUT2D eigenvalue weighted by Gasteiger charge is 2.14. The summed E-state index contributed by atoms with van der Waals surface area (Å²) < 4.78 is 12.1. The van der Waals surface area contributed by atoms with Crippen molar-refractivity contribution in [3.8, 4) is 11.5 Å². The van der Waals surface area contributed by atoms with Gasteiger partial charge in [-0.25, -0.2) is 0 Å². The molecule has 0 saturated carbocycles. The first kappa shape index (κ1) is 19.0. The van der Waals surface area contributed by atoms with Gasteiger partial charge in [0.25, 0.3) is 0 Å². The number of hydrogen-bond acceptors (Lipinski definition) is 4. The van der Waals surface area contributed by atoms with Crippen LogP contribution in [0.15, 0.2) is 42.5 Å². The molecule has 0 aliphatic rings. The molecule has 0 bridgehead atoms. The SMILES string of the molecule is CCCCCCCC(Oc1ccc(N)c(C)c1)Oc1ccccc1N. The predicted octanol–water partition coefficient (Wildman–Crippen LogP) is 5.30. The number of aryl methyl sites for hydroxylation is 1. The van der Waals surface area contributed by atoms with Crippen LogP contribution in [0.1, 0.15) is 51.0 Å². The van der Waals surface area contributed by atoms with Gasteiger partial charge in [-0.2, -0.15) is 0 Å². The van der Waals surface area contributed by atoms with E-state index in [2.05, 4.69) is 6.92 Å². The second-order valence-corrected chi connectivity index (χ2v) is 6.42. The maximum atomic E-state index is 6.08. The number of nitrogens with two attached hydrogens (primary N) is 2. The molecule has 0 amide bonds. The van der Waals surface area contributed by atoms with E-state index in [0.717, 1.165) is 29.8 Å². The average molecular weight is 342 g/mol. The minimum atomic E-state index is -0.366. The van der Waals surface area contributed by atoms with Gasteiger partial charge in [-0.3, -0.25) is 0 Å². The lowest BCUT2D eigenvalue weighted by Crippen LogP contribution is -2.24. The van der Waals surface area contributed by atoms with E-state index in [4.69, 9.17) is 20.9 Å². The summed E-state index contributed by atoms with van der Waals surface area (Å²) in [6.07, 6.45) is 6.46. The number of anilines is 2. The van der Waals surface area contributed by atoms with Crippen molar-refractivity contribution < 1.29 is 9.47 Å². The van der Waals surface area contributed by atoms with E-state index in [-0.39, 0.29) is 6.29 Å². The van der Waals surface area contributed by atoms with Gasteiger partial charge in [0.1, 0.15) is 11.5 Å². The van der Waals surface area contributed by atoms with E-state index in [0.29, 0.717) is 11.4 Å². The molecular formula is C21H30N2O2. The molecule has 0 aliphatic carbocycles. The quantitative estimate of drug-likeness (QED) is 0.349. The Kier molecular flexibility index (Phi) is 7.45. The van der Waals surface area contributed by atoms with Gasteiger partial charge in [0.05, 0.1) is 5.69 Å². The molecule has 0 aromatic heterocycles. The van der Waals surface area contributed by atoms with Crippen LogP contribution in [-0.2, 0) is 0 Å². The van der Waals surface area contributed by atoms with E-state index in [1.165, 1.54) is 25.7 Å². The van der Waals surface area contributed by atoms with Crippen molar-refractivity contribution in [1.29, 1.82) is 0 Å². The molecule has 0 heterocycles. The van der Waals surface area contributed by atoms with Crippen molar-refractivity contribution >= 4 is 11.4 Å². The summed E-state index contributed by atoms with van der Waals surface area (Å²) in [7, 11) is 0. The summed E-state index contributed by atoms with van der Waals surface area (Å²) in [6.45, 7) is 4.19. The molecule has 0 saturated heterocycles. The summed E-state index contributed by atoms with van der Waals surface area (Å²) >= 11 is 0. The molecule has 25 heavy (non-hydrogen) atoms. The van der Waals surface area contributed by atoms with E-state index < -0.39 is 0 Å². The summed E-state index contributed by atoms with van der Waals surface area (Å²) in [5.74, 6) is 1.42. The molecule has 2 aromatic rings. The Morgan fingerprint density at radius 2 is 1.64 bits per heavy atom.